The molecule has 0 aromatic carbocycles. The van der Waals surface area contributed by atoms with Crippen molar-refractivity contribution < 1.29 is 4.74 Å². The van der Waals surface area contributed by atoms with Crippen molar-refractivity contribution in [2.45, 2.75) is 56.7 Å². The molecule has 16 heavy (non-hydrogen) atoms. The number of rotatable bonds is 4. The number of ether oxygens (including phenoxy) is 1. The highest BCUT2D eigenvalue weighted by molar-refractivity contribution is 4.92. The lowest BCUT2D eigenvalue weighted by Gasteiger charge is -2.36. The quantitative estimate of drug-likeness (QED) is 0.781. The van der Waals surface area contributed by atoms with Crippen LogP contribution in [-0.2, 0) is 4.74 Å². The van der Waals surface area contributed by atoms with Crippen molar-refractivity contribution in [3.05, 3.63) is 0 Å². The lowest BCUT2D eigenvalue weighted by atomic mass is 10.1. The second kappa shape index (κ2) is 5.03. The molecular formula is C13H24N2O. The molecule has 1 N–H and O–H groups in total. The summed E-state index contributed by atoms with van der Waals surface area (Å²) < 4.78 is 5.48. The Kier molecular flexibility index (Phi) is 3.46. The van der Waals surface area contributed by atoms with E-state index in [2.05, 4.69) is 10.2 Å². The SMILES string of the molecule is C1CNC(CN(C2CCOCC2)C2CC2)C1. The van der Waals surface area contributed by atoms with Gasteiger partial charge in [-0.1, -0.05) is 0 Å². The second-order valence-electron chi connectivity index (χ2n) is 5.56. The van der Waals surface area contributed by atoms with E-state index in [0.717, 1.165) is 31.3 Å². The van der Waals surface area contributed by atoms with Gasteiger partial charge in [0.15, 0.2) is 0 Å². The van der Waals surface area contributed by atoms with Crippen LogP contribution in [0.2, 0.25) is 0 Å². The molecular weight excluding hydrogens is 200 g/mol. The third-order valence-corrected chi connectivity index (χ3v) is 4.27. The first kappa shape index (κ1) is 11.0. The van der Waals surface area contributed by atoms with Gasteiger partial charge in [0, 0.05) is 37.9 Å². The maximum atomic E-state index is 5.48. The fourth-order valence-corrected chi connectivity index (χ4v) is 3.19. The van der Waals surface area contributed by atoms with Gasteiger partial charge in [-0.25, -0.2) is 0 Å². The summed E-state index contributed by atoms with van der Waals surface area (Å²) in [5.41, 5.74) is 0. The number of hydrogen-bond donors (Lipinski definition) is 1. The van der Waals surface area contributed by atoms with Crippen LogP contribution in [0.25, 0.3) is 0 Å². The molecule has 1 saturated carbocycles. The van der Waals surface area contributed by atoms with Gasteiger partial charge in [0.25, 0.3) is 0 Å². The fraction of sp³-hybridized carbons (Fsp3) is 1.00. The summed E-state index contributed by atoms with van der Waals surface area (Å²) in [6.07, 6.45) is 8.13. The molecule has 92 valence electrons. The van der Waals surface area contributed by atoms with Crippen LogP contribution in [0, 0.1) is 0 Å². The van der Waals surface area contributed by atoms with Crippen LogP contribution in [0.5, 0.6) is 0 Å². The molecule has 2 saturated heterocycles. The van der Waals surface area contributed by atoms with Crippen LogP contribution in [0.1, 0.15) is 38.5 Å². The summed E-state index contributed by atoms with van der Waals surface area (Å²) in [5, 5.41) is 3.64. The maximum Gasteiger partial charge on any atom is 0.0480 e. The monoisotopic (exact) mass is 224 g/mol. The molecule has 3 heteroatoms. The average Bonchev–Trinajstić information content (AvgIpc) is 3.05. The molecule has 0 bridgehead atoms. The van der Waals surface area contributed by atoms with Crippen LogP contribution in [-0.4, -0.2) is 49.3 Å². The van der Waals surface area contributed by atoms with E-state index in [9.17, 15) is 0 Å². The number of hydrogen-bond acceptors (Lipinski definition) is 3. The topological polar surface area (TPSA) is 24.5 Å². The summed E-state index contributed by atoms with van der Waals surface area (Å²) in [7, 11) is 0. The van der Waals surface area contributed by atoms with Gasteiger partial charge in [0.1, 0.15) is 0 Å². The molecule has 0 aromatic rings. The summed E-state index contributed by atoms with van der Waals surface area (Å²) >= 11 is 0. The molecule has 0 spiro atoms. The Hall–Kier alpha value is -0.120. The van der Waals surface area contributed by atoms with Crippen LogP contribution in [0.4, 0.5) is 0 Å². The summed E-state index contributed by atoms with van der Waals surface area (Å²) in [4.78, 5) is 2.80. The summed E-state index contributed by atoms with van der Waals surface area (Å²) in [6, 6.07) is 2.48. The molecule has 1 unspecified atom stereocenters. The molecule has 2 heterocycles. The van der Waals surface area contributed by atoms with E-state index in [1.807, 2.05) is 0 Å². The highest BCUT2D eigenvalue weighted by Crippen LogP contribution is 2.32. The van der Waals surface area contributed by atoms with Gasteiger partial charge in [-0.15, -0.1) is 0 Å². The zero-order chi connectivity index (χ0) is 10.8. The highest BCUT2D eigenvalue weighted by atomic mass is 16.5. The zero-order valence-corrected chi connectivity index (χ0v) is 10.2. The minimum atomic E-state index is 0.767. The van der Waals surface area contributed by atoms with Crippen molar-refractivity contribution in [1.82, 2.24) is 10.2 Å². The maximum absolute atomic E-state index is 5.48. The Bertz CT molecular complexity index is 218. The summed E-state index contributed by atoms with van der Waals surface area (Å²) in [5.74, 6) is 0. The Morgan fingerprint density at radius 3 is 2.38 bits per heavy atom. The average molecular weight is 224 g/mol. The lowest BCUT2D eigenvalue weighted by molar-refractivity contribution is 0.0279. The van der Waals surface area contributed by atoms with Gasteiger partial charge in [-0.2, -0.15) is 0 Å². The second-order valence-corrected chi connectivity index (χ2v) is 5.56. The van der Waals surface area contributed by atoms with Crippen molar-refractivity contribution in [1.29, 1.82) is 0 Å². The molecule has 1 atom stereocenters. The fourth-order valence-electron chi connectivity index (χ4n) is 3.19. The van der Waals surface area contributed by atoms with E-state index in [1.165, 1.54) is 51.6 Å². The van der Waals surface area contributed by atoms with E-state index in [1.54, 1.807) is 0 Å². The first-order valence-corrected chi connectivity index (χ1v) is 7.00. The molecule has 0 radical (unpaired) electrons. The molecule has 0 aromatic heterocycles. The van der Waals surface area contributed by atoms with Gasteiger partial charge in [0.2, 0.25) is 0 Å². The molecule has 3 fully saturated rings. The normalized spacial score (nSPS) is 32.4. The third-order valence-electron chi connectivity index (χ3n) is 4.27. The van der Waals surface area contributed by atoms with Gasteiger partial charge >= 0.3 is 0 Å². The van der Waals surface area contributed by atoms with Crippen molar-refractivity contribution in [3.63, 3.8) is 0 Å². The van der Waals surface area contributed by atoms with E-state index >= 15 is 0 Å². The van der Waals surface area contributed by atoms with E-state index in [-0.39, 0.29) is 0 Å². The Labute approximate surface area is 98.5 Å². The van der Waals surface area contributed by atoms with Gasteiger partial charge in [-0.3, -0.25) is 4.90 Å². The summed E-state index contributed by atoms with van der Waals surface area (Å²) in [6.45, 7) is 4.48. The van der Waals surface area contributed by atoms with Gasteiger partial charge in [-0.05, 0) is 45.1 Å². The Balaban J connectivity index is 1.56. The van der Waals surface area contributed by atoms with Gasteiger partial charge < -0.3 is 10.1 Å². The highest BCUT2D eigenvalue weighted by Gasteiger charge is 2.36. The van der Waals surface area contributed by atoms with E-state index in [4.69, 9.17) is 4.74 Å². The smallest absolute Gasteiger partial charge is 0.0480 e. The van der Waals surface area contributed by atoms with Crippen molar-refractivity contribution in [2.24, 2.45) is 0 Å². The van der Waals surface area contributed by atoms with Gasteiger partial charge in [0.05, 0.1) is 0 Å². The first-order valence-electron chi connectivity index (χ1n) is 7.00. The third kappa shape index (κ3) is 2.58. The first-order chi connectivity index (χ1) is 7.93. The van der Waals surface area contributed by atoms with Crippen molar-refractivity contribution in [3.8, 4) is 0 Å². The number of nitrogens with zero attached hydrogens (tertiary/aromatic N) is 1. The minimum Gasteiger partial charge on any atom is -0.381 e. The predicted molar refractivity (Wildman–Crippen MR) is 64.6 cm³/mol. The minimum absolute atomic E-state index is 0.767. The Morgan fingerprint density at radius 2 is 1.75 bits per heavy atom. The largest absolute Gasteiger partial charge is 0.381 e. The van der Waals surface area contributed by atoms with E-state index < -0.39 is 0 Å². The molecule has 3 aliphatic rings. The van der Waals surface area contributed by atoms with Crippen molar-refractivity contribution in [2.75, 3.05) is 26.3 Å². The van der Waals surface area contributed by atoms with Crippen LogP contribution < -0.4 is 5.32 Å². The van der Waals surface area contributed by atoms with E-state index in [0.29, 0.717) is 0 Å². The molecule has 2 aliphatic heterocycles. The molecule has 3 rings (SSSR count). The zero-order valence-electron chi connectivity index (χ0n) is 10.2. The predicted octanol–water partition coefficient (Wildman–Crippen LogP) is 1.38. The standard InChI is InChI=1S/C13H24N2O/c1-2-11(14-7-1)10-15(12-3-4-12)13-5-8-16-9-6-13/h11-14H,1-10H2. The number of nitrogens with one attached hydrogen (secondary N) is 1. The van der Waals surface area contributed by atoms with Crippen LogP contribution in [0.15, 0.2) is 0 Å². The molecule has 1 aliphatic carbocycles. The van der Waals surface area contributed by atoms with Crippen LogP contribution in [0.3, 0.4) is 0 Å². The molecule has 0 amide bonds. The molecule has 3 nitrogen and oxygen atoms in total. The van der Waals surface area contributed by atoms with Crippen molar-refractivity contribution >= 4 is 0 Å². The Morgan fingerprint density at radius 1 is 1.00 bits per heavy atom. The van der Waals surface area contributed by atoms with Crippen LogP contribution >= 0.6 is 0 Å². The lowest BCUT2D eigenvalue weighted by Crippen LogP contribution is -2.46.